The number of nitrogens with one attached hydrogen (secondary N) is 1. The molecule has 4 rings (SSSR count). The van der Waals surface area contributed by atoms with Crippen LogP contribution >= 0.6 is 0 Å². The van der Waals surface area contributed by atoms with Crippen LogP contribution in [0.25, 0.3) is 0 Å². The lowest BCUT2D eigenvalue weighted by molar-refractivity contribution is -0.193. The number of carbonyl (C=O) groups excluding carboxylic acids is 1. The fourth-order valence-electron chi connectivity index (χ4n) is 4.47. The van der Waals surface area contributed by atoms with Crippen LogP contribution in [-0.2, 0) is 20.9 Å². The molecule has 9 nitrogen and oxygen atoms in total. The molecular formula is C26H29F6N3O6. The topological polar surface area (TPSA) is 129 Å². The Bertz CT molecular complexity index is 1150. The maximum atomic E-state index is 12.3. The van der Waals surface area contributed by atoms with E-state index >= 15 is 0 Å². The van der Waals surface area contributed by atoms with Gasteiger partial charge in [0.2, 0.25) is 0 Å². The lowest BCUT2D eigenvalue weighted by atomic mass is 9.93. The van der Waals surface area contributed by atoms with Crippen molar-refractivity contribution in [1.82, 2.24) is 15.2 Å². The van der Waals surface area contributed by atoms with Crippen LogP contribution in [0, 0.1) is 25.7 Å². The SMILES string of the molecule is Cc1cc(C)cc(CN2C[C@@H]3[C@H](CNC(=O)c4ccncc4)CO[C@@H]3C2)c1.O=C(O)C(F)(F)F.O=C(O)C(F)(F)F. The maximum Gasteiger partial charge on any atom is 0.490 e. The van der Waals surface area contributed by atoms with Crippen LogP contribution in [0.1, 0.15) is 27.0 Å². The van der Waals surface area contributed by atoms with E-state index < -0.39 is 24.3 Å². The molecule has 15 heteroatoms. The molecule has 2 saturated heterocycles. The molecule has 41 heavy (non-hydrogen) atoms. The number of pyridine rings is 1. The number of hydrogen-bond acceptors (Lipinski definition) is 6. The highest BCUT2D eigenvalue weighted by molar-refractivity contribution is 5.93. The highest BCUT2D eigenvalue weighted by Crippen LogP contribution is 2.34. The summed E-state index contributed by atoms with van der Waals surface area (Å²) in [6.07, 6.45) is -6.59. The van der Waals surface area contributed by atoms with Crippen molar-refractivity contribution < 1.29 is 55.7 Å². The number of carboxylic acid groups (broad SMARTS) is 2. The first-order chi connectivity index (χ1) is 19.0. The summed E-state index contributed by atoms with van der Waals surface area (Å²) in [7, 11) is 0. The molecule has 3 N–H and O–H groups in total. The Balaban J connectivity index is 0.000000349. The van der Waals surface area contributed by atoms with Crippen molar-refractivity contribution in [2.24, 2.45) is 11.8 Å². The molecule has 1 aromatic carbocycles. The van der Waals surface area contributed by atoms with Crippen LogP contribution in [0.2, 0.25) is 0 Å². The van der Waals surface area contributed by atoms with E-state index in [0.717, 1.165) is 26.2 Å². The van der Waals surface area contributed by atoms with Crippen molar-refractivity contribution in [3.63, 3.8) is 0 Å². The Morgan fingerprint density at radius 3 is 1.95 bits per heavy atom. The number of hydrogen-bond donors (Lipinski definition) is 3. The molecule has 0 radical (unpaired) electrons. The van der Waals surface area contributed by atoms with E-state index in [0.29, 0.717) is 30.0 Å². The van der Waals surface area contributed by atoms with Gasteiger partial charge in [0.25, 0.3) is 5.91 Å². The number of benzene rings is 1. The monoisotopic (exact) mass is 593 g/mol. The van der Waals surface area contributed by atoms with Gasteiger partial charge < -0.3 is 20.3 Å². The highest BCUT2D eigenvalue weighted by atomic mass is 19.4. The summed E-state index contributed by atoms with van der Waals surface area (Å²) in [6.45, 7) is 8.69. The summed E-state index contributed by atoms with van der Waals surface area (Å²) < 4.78 is 69.5. The number of nitrogens with zero attached hydrogens (tertiary/aromatic N) is 2. The van der Waals surface area contributed by atoms with E-state index in [2.05, 4.69) is 47.2 Å². The minimum absolute atomic E-state index is 0.0362. The Labute approximate surface area is 231 Å². The van der Waals surface area contributed by atoms with Gasteiger partial charge in [-0.25, -0.2) is 9.59 Å². The molecule has 0 bridgehead atoms. The van der Waals surface area contributed by atoms with Gasteiger partial charge in [0.15, 0.2) is 0 Å². The second-order valence-electron chi connectivity index (χ2n) is 9.54. The van der Waals surface area contributed by atoms with E-state index in [1.807, 2.05) is 0 Å². The minimum Gasteiger partial charge on any atom is -0.475 e. The lowest BCUT2D eigenvalue weighted by Gasteiger charge is -2.20. The van der Waals surface area contributed by atoms with Gasteiger partial charge in [0.1, 0.15) is 0 Å². The summed E-state index contributed by atoms with van der Waals surface area (Å²) in [5.41, 5.74) is 4.66. The van der Waals surface area contributed by atoms with Crippen LogP contribution in [0.4, 0.5) is 26.3 Å². The zero-order valence-corrected chi connectivity index (χ0v) is 22.0. The molecule has 0 saturated carbocycles. The number of rotatable bonds is 5. The summed E-state index contributed by atoms with van der Waals surface area (Å²) in [5, 5.41) is 17.3. The maximum absolute atomic E-state index is 12.3. The normalized spacial score (nSPS) is 20.1. The van der Waals surface area contributed by atoms with Gasteiger partial charge in [-0.2, -0.15) is 26.3 Å². The minimum atomic E-state index is -5.08. The van der Waals surface area contributed by atoms with Crippen LogP contribution in [-0.4, -0.2) is 82.6 Å². The number of aliphatic carboxylic acids is 2. The van der Waals surface area contributed by atoms with E-state index in [1.165, 1.54) is 16.7 Å². The first-order valence-electron chi connectivity index (χ1n) is 12.2. The van der Waals surface area contributed by atoms with Crippen LogP contribution in [0.5, 0.6) is 0 Å². The van der Waals surface area contributed by atoms with Gasteiger partial charge in [0.05, 0.1) is 12.7 Å². The van der Waals surface area contributed by atoms with Crippen molar-refractivity contribution in [1.29, 1.82) is 0 Å². The van der Waals surface area contributed by atoms with Gasteiger partial charge in [-0.05, 0) is 31.5 Å². The van der Waals surface area contributed by atoms with Gasteiger partial charge in [0, 0.05) is 56.0 Å². The van der Waals surface area contributed by atoms with Gasteiger partial charge in [-0.3, -0.25) is 14.7 Å². The predicted octanol–water partition coefficient (Wildman–Crippen LogP) is 3.84. The standard InChI is InChI=1S/C22H27N3O2.2C2HF3O2/c1-15-7-16(2)9-17(8-15)11-25-12-20-19(14-27-21(20)13-25)10-24-22(26)18-3-5-23-6-4-18;2*3-2(4,5)1(6)7/h3-9,19-21H,10-14H2,1-2H3,(H,24,26);2*(H,6,7)/t19-,20-,21-;;/m1../s1. The van der Waals surface area contributed by atoms with Crippen LogP contribution in [0.15, 0.2) is 42.7 Å². The summed E-state index contributed by atoms with van der Waals surface area (Å²) in [6, 6.07) is 10.2. The van der Waals surface area contributed by atoms with Gasteiger partial charge in [-0.15, -0.1) is 0 Å². The fraction of sp³-hybridized carbons (Fsp3) is 0.462. The summed E-state index contributed by atoms with van der Waals surface area (Å²) in [5.74, 6) is -4.68. The summed E-state index contributed by atoms with van der Waals surface area (Å²) >= 11 is 0. The number of fused-ring (bicyclic) bond motifs is 1. The first kappa shape index (κ1) is 33.5. The Kier molecular flexibility index (Phi) is 11.6. The smallest absolute Gasteiger partial charge is 0.475 e. The van der Waals surface area contributed by atoms with Gasteiger partial charge in [-0.1, -0.05) is 29.3 Å². The van der Waals surface area contributed by atoms with E-state index in [-0.39, 0.29) is 5.91 Å². The van der Waals surface area contributed by atoms with Crippen LogP contribution < -0.4 is 5.32 Å². The molecule has 0 aliphatic carbocycles. The average molecular weight is 594 g/mol. The number of likely N-dealkylation sites (tertiary alicyclic amines) is 1. The predicted molar refractivity (Wildman–Crippen MR) is 132 cm³/mol. The molecule has 1 aromatic heterocycles. The molecule has 2 aromatic rings. The molecule has 0 unspecified atom stereocenters. The average Bonchev–Trinajstić information content (AvgIpc) is 3.42. The lowest BCUT2D eigenvalue weighted by Crippen LogP contribution is -2.34. The summed E-state index contributed by atoms with van der Waals surface area (Å²) in [4.78, 5) is 36.5. The third-order valence-corrected chi connectivity index (χ3v) is 6.15. The second-order valence-corrected chi connectivity index (χ2v) is 9.54. The molecule has 226 valence electrons. The Morgan fingerprint density at radius 1 is 0.951 bits per heavy atom. The number of ether oxygens (including phenoxy) is 1. The van der Waals surface area contributed by atoms with E-state index in [9.17, 15) is 31.1 Å². The third-order valence-electron chi connectivity index (χ3n) is 6.15. The first-order valence-corrected chi connectivity index (χ1v) is 12.2. The van der Waals surface area contributed by atoms with E-state index in [1.54, 1.807) is 24.5 Å². The Hall–Kier alpha value is -3.72. The molecule has 2 fully saturated rings. The van der Waals surface area contributed by atoms with Crippen molar-refractivity contribution in [3.05, 3.63) is 65.0 Å². The number of amides is 1. The molecule has 3 atom stereocenters. The zero-order chi connectivity index (χ0) is 31.0. The highest BCUT2D eigenvalue weighted by Gasteiger charge is 2.43. The van der Waals surface area contributed by atoms with E-state index in [4.69, 9.17) is 24.5 Å². The number of aromatic nitrogens is 1. The molecule has 1 amide bonds. The third kappa shape index (κ3) is 11.0. The van der Waals surface area contributed by atoms with Gasteiger partial charge >= 0.3 is 24.3 Å². The number of aryl methyl sites for hydroxylation is 2. The largest absolute Gasteiger partial charge is 0.490 e. The van der Waals surface area contributed by atoms with Crippen molar-refractivity contribution in [3.8, 4) is 0 Å². The molecule has 2 aliphatic rings. The molecule has 3 heterocycles. The number of alkyl halides is 6. The zero-order valence-electron chi connectivity index (χ0n) is 22.0. The fourth-order valence-corrected chi connectivity index (χ4v) is 4.47. The van der Waals surface area contributed by atoms with Crippen molar-refractivity contribution in [2.45, 2.75) is 38.8 Å². The van der Waals surface area contributed by atoms with Crippen molar-refractivity contribution in [2.75, 3.05) is 26.2 Å². The quantitative estimate of drug-likeness (QED) is 0.447. The molecule has 2 aliphatic heterocycles. The molecular weight excluding hydrogens is 564 g/mol. The number of carbonyl (C=O) groups is 3. The Morgan fingerprint density at radius 2 is 1.46 bits per heavy atom. The second kappa shape index (κ2) is 14.3. The molecule has 0 spiro atoms. The number of halogens is 6. The van der Waals surface area contributed by atoms with Crippen molar-refractivity contribution >= 4 is 17.8 Å². The number of carboxylic acids is 2. The van der Waals surface area contributed by atoms with Crippen LogP contribution in [0.3, 0.4) is 0 Å².